The molecule has 8 heteroatoms. The van der Waals surface area contributed by atoms with E-state index in [2.05, 4.69) is 31.8 Å². The van der Waals surface area contributed by atoms with Crippen molar-refractivity contribution in [3.05, 3.63) is 27.7 Å². The molecule has 6 nitrogen and oxygen atoms in total. The molecule has 1 aromatic carbocycles. The average Bonchev–Trinajstić information content (AvgIpc) is 2.64. The van der Waals surface area contributed by atoms with E-state index < -0.39 is 5.91 Å². The van der Waals surface area contributed by atoms with Crippen LogP contribution in [0.3, 0.4) is 0 Å². The van der Waals surface area contributed by atoms with Crippen LogP contribution in [0.25, 0.3) is 0 Å². The van der Waals surface area contributed by atoms with Crippen molar-refractivity contribution in [3.63, 3.8) is 0 Å². The van der Waals surface area contributed by atoms with Crippen molar-refractivity contribution in [1.82, 2.24) is 10.7 Å². The maximum atomic E-state index is 12.6. The van der Waals surface area contributed by atoms with Gasteiger partial charge in [-0.3, -0.25) is 9.59 Å². The molecule has 2 N–H and O–H groups in total. The Morgan fingerprint density at radius 3 is 2.40 bits per heavy atom. The number of carbonyl (C=O) groups is 2. The van der Waals surface area contributed by atoms with Crippen LogP contribution in [0.4, 0.5) is 0 Å². The van der Waals surface area contributed by atoms with Gasteiger partial charge in [-0.25, -0.2) is 5.43 Å². The average molecular weight is 497 g/mol. The predicted octanol–water partition coefficient (Wildman–Crippen LogP) is 4.45. The molecule has 30 heavy (non-hydrogen) atoms. The molecule has 4 aliphatic rings. The van der Waals surface area contributed by atoms with Gasteiger partial charge in [0, 0.05) is 16.3 Å². The maximum absolute atomic E-state index is 12.6. The molecule has 0 spiro atoms. The van der Waals surface area contributed by atoms with Gasteiger partial charge in [0.05, 0.1) is 10.9 Å². The van der Waals surface area contributed by atoms with E-state index in [0.717, 1.165) is 37.0 Å². The molecule has 0 unspecified atom stereocenters. The summed E-state index contributed by atoms with van der Waals surface area (Å²) in [5.74, 6) is 2.47. The number of hydrogen-bond acceptors (Lipinski definition) is 4. The third-order valence-corrected chi connectivity index (χ3v) is 7.34. The molecule has 0 aromatic heterocycles. The summed E-state index contributed by atoms with van der Waals surface area (Å²) < 4.78 is 6.13. The highest BCUT2D eigenvalue weighted by Crippen LogP contribution is 2.55. The first kappa shape index (κ1) is 21.6. The zero-order valence-corrected chi connectivity index (χ0v) is 19.4. The first-order chi connectivity index (χ1) is 14.3. The summed E-state index contributed by atoms with van der Waals surface area (Å²) in [6.45, 7) is 1.56. The molecule has 2 amide bonds. The molecular weight excluding hydrogens is 470 g/mol. The summed E-state index contributed by atoms with van der Waals surface area (Å²) in [5, 5.41) is 7.95. The lowest BCUT2D eigenvalue weighted by molar-refractivity contribution is -0.126. The van der Waals surface area contributed by atoms with E-state index in [4.69, 9.17) is 16.3 Å². The van der Waals surface area contributed by atoms with Gasteiger partial charge >= 0.3 is 0 Å². The third kappa shape index (κ3) is 5.17. The molecule has 0 saturated heterocycles. The van der Waals surface area contributed by atoms with E-state index in [1.807, 2.05) is 0 Å². The molecule has 1 aromatic rings. The van der Waals surface area contributed by atoms with Gasteiger partial charge in [0.25, 0.3) is 5.91 Å². The zero-order valence-electron chi connectivity index (χ0n) is 17.0. The van der Waals surface area contributed by atoms with Crippen molar-refractivity contribution in [2.24, 2.45) is 22.9 Å². The van der Waals surface area contributed by atoms with Crippen LogP contribution in [0.1, 0.15) is 51.9 Å². The van der Waals surface area contributed by atoms with Gasteiger partial charge in [0.1, 0.15) is 5.75 Å². The first-order valence-electron chi connectivity index (χ1n) is 10.5. The van der Waals surface area contributed by atoms with Crippen LogP contribution >= 0.6 is 27.5 Å². The second-order valence-electron chi connectivity index (χ2n) is 9.17. The molecule has 0 aliphatic heterocycles. The SMILES string of the molecule is C/C(CC(=O)NC12CC3CC(CC(C3)C1)C2)=N/NC(=O)COc1ccc(Cl)cc1Br. The van der Waals surface area contributed by atoms with Crippen LogP contribution in [0, 0.1) is 17.8 Å². The lowest BCUT2D eigenvalue weighted by atomic mass is 9.53. The number of halogens is 2. The fraction of sp³-hybridized carbons (Fsp3) is 0.591. The van der Waals surface area contributed by atoms with E-state index in [0.29, 0.717) is 21.0 Å². The van der Waals surface area contributed by atoms with Crippen molar-refractivity contribution < 1.29 is 14.3 Å². The lowest BCUT2D eigenvalue weighted by Crippen LogP contribution is -2.60. The summed E-state index contributed by atoms with van der Waals surface area (Å²) in [5.41, 5.74) is 3.01. The van der Waals surface area contributed by atoms with Crippen LogP contribution < -0.4 is 15.5 Å². The number of amides is 2. The number of hydrogen-bond donors (Lipinski definition) is 2. The monoisotopic (exact) mass is 495 g/mol. The van der Waals surface area contributed by atoms with Crippen LogP contribution in [-0.4, -0.2) is 29.7 Å². The molecule has 4 saturated carbocycles. The lowest BCUT2D eigenvalue weighted by Gasteiger charge is -2.56. The molecular formula is C22H27BrClN3O3. The minimum absolute atomic E-state index is 0.00479. The number of nitrogens with zero attached hydrogens (tertiary/aromatic N) is 1. The Labute approximate surface area is 190 Å². The van der Waals surface area contributed by atoms with Crippen LogP contribution in [0.2, 0.25) is 5.02 Å². The second kappa shape index (κ2) is 8.87. The molecule has 4 fully saturated rings. The van der Waals surface area contributed by atoms with Crippen LogP contribution in [0.5, 0.6) is 5.75 Å². The predicted molar refractivity (Wildman–Crippen MR) is 120 cm³/mol. The molecule has 0 atom stereocenters. The van der Waals surface area contributed by atoms with Gasteiger partial charge in [0.15, 0.2) is 6.61 Å². The van der Waals surface area contributed by atoms with Gasteiger partial charge in [-0.1, -0.05) is 11.6 Å². The highest BCUT2D eigenvalue weighted by Gasteiger charge is 2.51. The number of carbonyl (C=O) groups excluding carboxylic acids is 2. The largest absolute Gasteiger partial charge is 0.483 e. The summed E-state index contributed by atoms with van der Waals surface area (Å²) in [6, 6.07) is 5.06. The molecule has 4 aliphatic carbocycles. The topological polar surface area (TPSA) is 79.8 Å². The zero-order chi connectivity index (χ0) is 21.3. The smallest absolute Gasteiger partial charge is 0.277 e. The van der Waals surface area contributed by atoms with Gasteiger partial charge < -0.3 is 10.1 Å². The van der Waals surface area contributed by atoms with Gasteiger partial charge in [0.2, 0.25) is 5.91 Å². The van der Waals surface area contributed by atoms with E-state index in [1.54, 1.807) is 25.1 Å². The Balaban J connectivity index is 1.23. The first-order valence-corrected chi connectivity index (χ1v) is 11.7. The Hall–Kier alpha value is -1.60. The second-order valence-corrected chi connectivity index (χ2v) is 10.5. The standard InChI is InChI=1S/C22H27BrClN3O3/c1-13(26-27-21(29)12-30-19-3-2-17(24)8-18(19)23)4-20(28)25-22-9-14-5-15(10-22)7-16(6-14)11-22/h2-3,8,14-16H,4-7,9-12H2,1H3,(H,25,28)(H,27,29)/b26-13-. The Morgan fingerprint density at radius 1 is 1.17 bits per heavy atom. The Kier molecular flexibility index (Phi) is 6.39. The van der Waals surface area contributed by atoms with Crippen molar-refractivity contribution in [2.75, 3.05) is 6.61 Å². The summed E-state index contributed by atoms with van der Waals surface area (Å²) in [6.07, 6.45) is 7.58. The molecule has 4 bridgehead atoms. The fourth-order valence-corrected chi connectivity index (χ4v) is 6.60. The summed E-state index contributed by atoms with van der Waals surface area (Å²) in [4.78, 5) is 24.6. The van der Waals surface area contributed by atoms with Gasteiger partial charge in [-0.2, -0.15) is 5.10 Å². The van der Waals surface area contributed by atoms with Crippen LogP contribution in [0.15, 0.2) is 27.8 Å². The normalized spacial score (nSPS) is 29.6. The number of ether oxygens (including phenoxy) is 1. The number of nitrogens with one attached hydrogen (secondary N) is 2. The van der Waals surface area contributed by atoms with E-state index in [-0.39, 0.29) is 24.5 Å². The van der Waals surface area contributed by atoms with Crippen molar-refractivity contribution in [2.45, 2.75) is 57.4 Å². The summed E-state index contributed by atoms with van der Waals surface area (Å²) in [7, 11) is 0. The number of hydrazone groups is 1. The van der Waals surface area contributed by atoms with Crippen molar-refractivity contribution >= 4 is 45.1 Å². The number of rotatable bonds is 7. The maximum Gasteiger partial charge on any atom is 0.277 e. The number of benzene rings is 1. The highest BCUT2D eigenvalue weighted by atomic mass is 79.9. The van der Waals surface area contributed by atoms with E-state index >= 15 is 0 Å². The third-order valence-electron chi connectivity index (χ3n) is 6.48. The molecule has 0 radical (unpaired) electrons. The van der Waals surface area contributed by atoms with Gasteiger partial charge in [-0.15, -0.1) is 0 Å². The Morgan fingerprint density at radius 2 is 1.80 bits per heavy atom. The quantitative estimate of drug-likeness (QED) is 0.432. The van der Waals surface area contributed by atoms with E-state index in [1.165, 1.54) is 19.3 Å². The summed E-state index contributed by atoms with van der Waals surface area (Å²) >= 11 is 9.23. The van der Waals surface area contributed by atoms with Gasteiger partial charge in [-0.05, 0) is 97.3 Å². The fourth-order valence-electron chi connectivity index (χ4n) is 5.80. The van der Waals surface area contributed by atoms with E-state index in [9.17, 15) is 9.59 Å². The minimum atomic E-state index is -0.391. The molecule has 0 heterocycles. The highest BCUT2D eigenvalue weighted by molar-refractivity contribution is 9.10. The molecule has 5 rings (SSSR count). The van der Waals surface area contributed by atoms with Crippen molar-refractivity contribution in [3.8, 4) is 5.75 Å². The van der Waals surface area contributed by atoms with Crippen molar-refractivity contribution in [1.29, 1.82) is 0 Å². The molecule has 162 valence electrons. The van der Waals surface area contributed by atoms with Crippen LogP contribution in [-0.2, 0) is 9.59 Å². The minimum Gasteiger partial charge on any atom is -0.483 e. The Bertz CT molecular complexity index is 838.